The van der Waals surface area contributed by atoms with Crippen LogP contribution < -0.4 is 0 Å². The van der Waals surface area contributed by atoms with Crippen LogP contribution in [0.4, 0.5) is 5.69 Å². The summed E-state index contributed by atoms with van der Waals surface area (Å²) < 4.78 is 0. The van der Waals surface area contributed by atoms with E-state index in [-0.39, 0.29) is 11.5 Å². The summed E-state index contributed by atoms with van der Waals surface area (Å²) in [6.45, 7) is 0. The molecule has 0 spiro atoms. The van der Waals surface area contributed by atoms with E-state index in [2.05, 4.69) is 11.1 Å². The van der Waals surface area contributed by atoms with E-state index in [0.717, 1.165) is 5.69 Å². The average molecular weight is 212 g/mol. The van der Waals surface area contributed by atoms with E-state index in [0.29, 0.717) is 5.56 Å². The van der Waals surface area contributed by atoms with Gasteiger partial charge in [0.1, 0.15) is 11.5 Å². The van der Waals surface area contributed by atoms with Crippen molar-refractivity contribution in [3.05, 3.63) is 54.1 Å². The van der Waals surface area contributed by atoms with Gasteiger partial charge < -0.3 is 10.2 Å². The molecule has 2 N–H and O–H groups in total. The fourth-order valence-electron chi connectivity index (χ4n) is 1.25. The molecule has 0 heterocycles. The van der Waals surface area contributed by atoms with Crippen molar-refractivity contribution < 1.29 is 10.2 Å². The zero-order valence-corrected chi connectivity index (χ0v) is 8.46. The van der Waals surface area contributed by atoms with Gasteiger partial charge in [0.2, 0.25) is 0 Å². The Morgan fingerprint density at radius 3 is 2.56 bits per heavy atom. The number of rotatable bonds is 2. The first-order valence-corrected chi connectivity index (χ1v) is 4.78. The quantitative estimate of drug-likeness (QED) is 0.594. The Morgan fingerprint density at radius 2 is 1.81 bits per heavy atom. The van der Waals surface area contributed by atoms with E-state index in [1.165, 1.54) is 24.4 Å². The van der Waals surface area contributed by atoms with E-state index in [4.69, 9.17) is 0 Å². The third-order valence-corrected chi connectivity index (χ3v) is 2.06. The molecule has 0 saturated carbocycles. The Balaban J connectivity index is 2.27. The van der Waals surface area contributed by atoms with Crippen LogP contribution in [-0.4, -0.2) is 16.4 Å². The molecular weight excluding hydrogens is 202 g/mol. The van der Waals surface area contributed by atoms with Crippen molar-refractivity contribution in [2.24, 2.45) is 4.99 Å². The van der Waals surface area contributed by atoms with Gasteiger partial charge in [0.15, 0.2) is 0 Å². The Morgan fingerprint density at radius 1 is 1.06 bits per heavy atom. The summed E-state index contributed by atoms with van der Waals surface area (Å²) in [7, 11) is 0. The Hall–Kier alpha value is -2.29. The van der Waals surface area contributed by atoms with Crippen LogP contribution in [0.3, 0.4) is 0 Å². The number of phenolic OH excluding ortho intramolecular Hbond substituents is 2. The summed E-state index contributed by atoms with van der Waals surface area (Å²) in [6.07, 6.45) is 1.50. The second kappa shape index (κ2) is 4.49. The highest BCUT2D eigenvalue weighted by molar-refractivity contribution is 5.85. The van der Waals surface area contributed by atoms with E-state index in [1.54, 1.807) is 24.3 Å². The Labute approximate surface area is 93.3 Å². The van der Waals surface area contributed by atoms with Gasteiger partial charge in [-0.3, -0.25) is 4.99 Å². The van der Waals surface area contributed by atoms with Crippen molar-refractivity contribution in [3.63, 3.8) is 0 Å². The van der Waals surface area contributed by atoms with E-state index in [1.807, 2.05) is 0 Å². The molecule has 16 heavy (non-hydrogen) atoms. The summed E-state index contributed by atoms with van der Waals surface area (Å²) >= 11 is 0. The lowest BCUT2D eigenvalue weighted by atomic mass is 10.2. The summed E-state index contributed by atoms with van der Waals surface area (Å²) in [5, 5.41) is 18.8. The highest BCUT2D eigenvalue weighted by atomic mass is 16.3. The zero-order chi connectivity index (χ0) is 11.4. The van der Waals surface area contributed by atoms with Crippen molar-refractivity contribution in [3.8, 4) is 11.5 Å². The maximum absolute atomic E-state index is 9.50. The standard InChI is InChI=1S/C13H10NO2/c15-12-6-7-13(16)10(8-12)9-14-11-4-2-1-3-5-11/h2-9,15-16H. The van der Waals surface area contributed by atoms with E-state index < -0.39 is 0 Å². The molecule has 0 atom stereocenters. The predicted molar refractivity (Wildman–Crippen MR) is 62.3 cm³/mol. The lowest BCUT2D eigenvalue weighted by Crippen LogP contribution is -1.81. The van der Waals surface area contributed by atoms with Crippen LogP contribution in [0.15, 0.2) is 47.5 Å². The number of phenols is 2. The first-order valence-electron chi connectivity index (χ1n) is 4.78. The van der Waals surface area contributed by atoms with Gasteiger partial charge in [0.25, 0.3) is 0 Å². The summed E-state index contributed by atoms with van der Waals surface area (Å²) in [5.41, 5.74) is 1.24. The van der Waals surface area contributed by atoms with Crippen LogP contribution >= 0.6 is 0 Å². The highest BCUT2D eigenvalue weighted by Gasteiger charge is 1.98. The molecule has 0 aromatic heterocycles. The molecule has 2 aromatic rings. The van der Waals surface area contributed by atoms with Crippen molar-refractivity contribution in [2.75, 3.05) is 0 Å². The fourth-order valence-corrected chi connectivity index (χ4v) is 1.25. The molecule has 2 aromatic carbocycles. The van der Waals surface area contributed by atoms with Gasteiger partial charge in [-0.15, -0.1) is 0 Å². The minimum atomic E-state index is 0.0871. The van der Waals surface area contributed by atoms with Gasteiger partial charge in [-0.25, -0.2) is 0 Å². The maximum Gasteiger partial charge on any atom is 0.124 e. The van der Waals surface area contributed by atoms with E-state index in [9.17, 15) is 10.2 Å². The molecule has 0 saturated heterocycles. The van der Waals surface area contributed by atoms with Gasteiger partial charge in [0.05, 0.1) is 5.69 Å². The lowest BCUT2D eigenvalue weighted by Gasteiger charge is -1.99. The van der Waals surface area contributed by atoms with Gasteiger partial charge >= 0.3 is 0 Å². The first-order chi connectivity index (χ1) is 7.75. The molecule has 2 rings (SSSR count). The molecule has 0 unspecified atom stereocenters. The van der Waals surface area contributed by atoms with Crippen LogP contribution in [0.2, 0.25) is 0 Å². The smallest absolute Gasteiger partial charge is 0.124 e. The maximum atomic E-state index is 9.50. The van der Waals surface area contributed by atoms with Crippen molar-refractivity contribution in [1.82, 2.24) is 0 Å². The van der Waals surface area contributed by atoms with Crippen LogP contribution in [0, 0.1) is 6.07 Å². The Kier molecular flexibility index (Phi) is 2.87. The molecule has 0 aliphatic carbocycles. The first kappa shape index (κ1) is 10.2. The second-order valence-corrected chi connectivity index (χ2v) is 3.26. The molecule has 3 heteroatoms. The zero-order valence-electron chi connectivity index (χ0n) is 8.46. The van der Waals surface area contributed by atoms with Gasteiger partial charge in [-0.05, 0) is 36.4 Å². The number of aromatic hydroxyl groups is 2. The number of nitrogens with zero attached hydrogens (tertiary/aromatic N) is 1. The number of aliphatic imine (C=N–C) groups is 1. The average Bonchev–Trinajstić information content (AvgIpc) is 2.32. The van der Waals surface area contributed by atoms with Crippen molar-refractivity contribution in [1.29, 1.82) is 0 Å². The minimum absolute atomic E-state index is 0.0871. The van der Waals surface area contributed by atoms with Crippen LogP contribution in [0.25, 0.3) is 0 Å². The summed E-state index contributed by atoms with van der Waals surface area (Å²) in [5.74, 6) is 0.185. The summed E-state index contributed by atoms with van der Waals surface area (Å²) in [6, 6.07) is 14.3. The monoisotopic (exact) mass is 212 g/mol. The molecule has 79 valence electrons. The number of hydrogen-bond donors (Lipinski definition) is 2. The lowest BCUT2D eigenvalue weighted by molar-refractivity contribution is 0.459. The molecule has 0 fully saturated rings. The largest absolute Gasteiger partial charge is 0.508 e. The van der Waals surface area contributed by atoms with Crippen molar-refractivity contribution >= 4 is 11.9 Å². The molecule has 0 aliphatic rings. The molecule has 3 nitrogen and oxygen atoms in total. The second-order valence-electron chi connectivity index (χ2n) is 3.26. The van der Waals surface area contributed by atoms with Crippen molar-refractivity contribution in [2.45, 2.75) is 0 Å². The van der Waals surface area contributed by atoms with Crippen LogP contribution in [0.1, 0.15) is 5.56 Å². The third-order valence-electron chi connectivity index (χ3n) is 2.06. The minimum Gasteiger partial charge on any atom is -0.508 e. The molecular formula is C13H10NO2. The summed E-state index contributed by atoms with van der Waals surface area (Å²) in [4.78, 5) is 4.16. The molecule has 0 aliphatic heterocycles. The number of benzene rings is 2. The van der Waals surface area contributed by atoms with Gasteiger partial charge in [-0.2, -0.15) is 0 Å². The molecule has 1 radical (unpaired) electrons. The SMILES string of the molecule is Oc1ccc(O)c(C=Nc2cc[c]cc2)c1. The Bertz CT molecular complexity index is 507. The van der Waals surface area contributed by atoms with E-state index >= 15 is 0 Å². The molecule has 0 amide bonds. The van der Waals surface area contributed by atoms with Gasteiger partial charge in [0, 0.05) is 11.8 Å². The number of hydrogen-bond acceptors (Lipinski definition) is 3. The third kappa shape index (κ3) is 2.39. The topological polar surface area (TPSA) is 52.8 Å². The normalized spacial score (nSPS) is 10.8. The van der Waals surface area contributed by atoms with Gasteiger partial charge in [-0.1, -0.05) is 12.1 Å². The predicted octanol–water partition coefficient (Wildman–Crippen LogP) is 2.65. The van der Waals surface area contributed by atoms with Crippen LogP contribution in [-0.2, 0) is 0 Å². The fraction of sp³-hybridized carbons (Fsp3) is 0. The van der Waals surface area contributed by atoms with Crippen LogP contribution in [0.5, 0.6) is 11.5 Å². The molecule has 0 bridgehead atoms. The highest BCUT2D eigenvalue weighted by Crippen LogP contribution is 2.21.